The van der Waals surface area contributed by atoms with E-state index < -0.39 is 60.3 Å². The number of hydrogen-bond acceptors (Lipinski definition) is 4. The van der Waals surface area contributed by atoms with Crippen LogP contribution in [0.25, 0.3) is 0 Å². The third kappa shape index (κ3) is 7.72. The van der Waals surface area contributed by atoms with E-state index in [4.69, 9.17) is 5.11 Å². The summed E-state index contributed by atoms with van der Waals surface area (Å²) in [5, 5.41) is 9.11. The van der Waals surface area contributed by atoms with Gasteiger partial charge in [0.2, 0.25) is 17.7 Å². The van der Waals surface area contributed by atoms with Gasteiger partial charge < -0.3 is 19.8 Å². The summed E-state index contributed by atoms with van der Waals surface area (Å²) < 4.78 is 80.3. The van der Waals surface area contributed by atoms with E-state index in [2.05, 4.69) is 0 Å². The summed E-state index contributed by atoms with van der Waals surface area (Å²) in [6.07, 6.45) is -8.86. The molecule has 2 aliphatic heterocycles. The highest BCUT2D eigenvalue weighted by Gasteiger charge is 2.41. The average Bonchev–Trinajstić information content (AvgIpc) is 2.99. The Morgan fingerprint density at radius 2 is 1.41 bits per heavy atom. The maximum atomic E-state index is 13.7. The molecule has 1 N–H and O–H groups in total. The number of aryl methyl sites for hydroxylation is 1. The summed E-state index contributed by atoms with van der Waals surface area (Å²) in [6.45, 7) is 2.01. The standard InChI is InChI=1S/C31H35F6N3O4/c1-19-3-5-21(6-4-19)26-17-40(28(43)22-7-10-39(11-8-22)27(42)18-41)12-9-25(26)29(44)38(2)16-20-13-23(30(32,33)34)15-24(14-20)31(35,36)37/h3-6,13-15,22,25-26,41H,7-12,16-18H2,1-2H3/t25-,26+/m1/s1. The van der Waals surface area contributed by atoms with E-state index in [1.54, 1.807) is 4.90 Å². The lowest BCUT2D eigenvalue weighted by Gasteiger charge is -2.41. The molecule has 0 aliphatic carbocycles. The normalized spacial score (nSPS) is 20.0. The minimum absolute atomic E-state index is 0.0554. The highest BCUT2D eigenvalue weighted by Crippen LogP contribution is 2.38. The first-order valence-electron chi connectivity index (χ1n) is 14.4. The predicted molar refractivity (Wildman–Crippen MR) is 148 cm³/mol. The molecule has 0 radical (unpaired) electrons. The van der Waals surface area contributed by atoms with Gasteiger partial charge in [-0.05, 0) is 55.5 Å². The van der Waals surface area contributed by atoms with E-state index in [9.17, 15) is 40.7 Å². The molecular formula is C31H35F6N3O4. The monoisotopic (exact) mass is 627 g/mol. The van der Waals surface area contributed by atoms with Crippen LogP contribution in [0.2, 0.25) is 0 Å². The second kappa shape index (κ2) is 13.2. The van der Waals surface area contributed by atoms with E-state index in [1.165, 1.54) is 11.9 Å². The largest absolute Gasteiger partial charge is 0.416 e. The second-order valence-corrected chi connectivity index (χ2v) is 11.6. The van der Waals surface area contributed by atoms with Gasteiger partial charge in [0, 0.05) is 57.5 Å². The fraction of sp³-hybridized carbons (Fsp3) is 0.516. The number of aliphatic hydroxyl groups is 1. The Bertz CT molecular complexity index is 1320. The molecule has 0 saturated carbocycles. The average molecular weight is 628 g/mol. The van der Waals surface area contributed by atoms with Crippen molar-refractivity contribution in [3.05, 3.63) is 70.3 Å². The number of alkyl halides is 6. The molecule has 2 fully saturated rings. The molecule has 0 aromatic heterocycles. The van der Waals surface area contributed by atoms with Crippen molar-refractivity contribution < 1.29 is 45.8 Å². The molecule has 2 saturated heterocycles. The number of halogens is 6. The van der Waals surface area contributed by atoms with Gasteiger partial charge in [0.05, 0.1) is 11.1 Å². The van der Waals surface area contributed by atoms with Crippen molar-refractivity contribution >= 4 is 17.7 Å². The minimum Gasteiger partial charge on any atom is -0.387 e. The number of rotatable bonds is 6. The van der Waals surface area contributed by atoms with Gasteiger partial charge in [-0.25, -0.2) is 0 Å². The number of carbonyl (C=O) groups is 3. The van der Waals surface area contributed by atoms with Crippen LogP contribution in [0, 0.1) is 18.8 Å². The van der Waals surface area contributed by atoms with Gasteiger partial charge in [0.15, 0.2) is 0 Å². The van der Waals surface area contributed by atoms with Gasteiger partial charge in [-0.3, -0.25) is 14.4 Å². The molecule has 13 heteroatoms. The molecule has 240 valence electrons. The Morgan fingerprint density at radius 3 is 1.93 bits per heavy atom. The zero-order valence-electron chi connectivity index (χ0n) is 24.4. The lowest BCUT2D eigenvalue weighted by Crippen LogP contribution is -2.51. The van der Waals surface area contributed by atoms with Gasteiger partial charge in [-0.1, -0.05) is 29.8 Å². The summed E-state index contributed by atoms with van der Waals surface area (Å²) in [5.41, 5.74) is -1.42. The molecule has 2 aliphatic rings. The van der Waals surface area contributed by atoms with Crippen LogP contribution in [0.5, 0.6) is 0 Å². The summed E-state index contributed by atoms with van der Waals surface area (Å²) in [4.78, 5) is 43.4. The number of nitrogens with zero attached hydrogens (tertiary/aromatic N) is 3. The lowest BCUT2D eigenvalue weighted by molar-refractivity contribution is -0.145. The fourth-order valence-corrected chi connectivity index (χ4v) is 6.08. The van der Waals surface area contributed by atoms with E-state index >= 15 is 0 Å². The van der Waals surface area contributed by atoms with Crippen LogP contribution in [0.1, 0.15) is 53.0 Å². The Labute approximate surface area is 251 Å². The maximum absolute atomic E-state index is 13.7. The van der Waals surface area contributed by atoms with E-state index in [1.807, 2.05) is 31.2 Å². The van der Waals surface area contributed by atoms with Crippen LogP contribution in [-0.2, 0) is 33.3 Å². The molecule has 3 amide bonds. The SMILES string of the molecule is Cc1ccc([C@@H]2CN(C(=O)C3CCN(C(=O)CO)CC3)CC[C@H]2C(=O)N(C)Cc2cc(C(F)(F)F)cc(C(F)(F)F)c2)cc1. The predicted octanol–water partition coefficient (Wildman–Crippen LogP) is 4.85. The van der Waals surface area contributed by atoms with Gasteiger partial charge in [0.1, 0.15) is 6.61 Å². The van der Waals surface area contributed by atoms with Crippen LogP contribution >= 0.6 is 0 Å². The van der Waals surface area contributed by atoms with Crippen molar-refractivity contribution in [1.29, 1.82) is 0 Å². The molecule has 0 spiro atoms. The molecule has 2 aromatic rings. The number of aliphatic hydroxyl groups excluding tert-OH is 1. The second-order valence-electron chi connectivity index (χ2n) is 11.6. The topological polar surface area (TPSA) is 81.2 Å². The van der Waals surface area contributed by atoms with Gasteiger partial charge >= 0.3 is 12.4 Å². The van der Waals surface area contributed by atoms with Crippen molar-refractivity contribution in [2.24, 2.45) is 11.8 Å². The molecule has 2 heterocycles. The summed E-state index contributed by atoms with van der Waals surface area (Å²) in [6, 6.07) is 8.76. The van der Waals surface area contributed by atoms with Gasteiger partial charge in [-0.2, -0.15) is 26.3 Å². The highest BCUT2D eigenvalue weighted by molar-refractivity contribution is 5.83. The number of hydrogen-bond donors (Lipinski definition) is 1. The molecule has 0 unspecified atom stereocenters. The van der Waals surface area contributed by atoms with Crippen LogP contribution in [0.3, 0.4) is 0 Å². The first-order valence-corrected chi connectivity index (χ1v) is 14.4. The van der Waals surface area contributed by atoms with E-state index in [0.29, 0.717) is 38.1 Å². The fourth-order valence-electron chi connectivity index (χ4n) is 6.08. The van der Waals surface area contributed by atoms with Crippen molar-refractivity contribution in [3.8, 4) is 0 Å². The number of amides is 3. The molecule has 0 bridgehead atoms. The van der Waals surface area contributed by atoms with Crippen LogP contribution in [-0.4, -0.2) is 77.4 Å². The molecule has 2 aromatic carbocycles. The summed E-state index contributed by atoms with van der Waals surface area (Å²) in [5.74, 6) is -2.37. The Morgan fingerprint density at radius 1 is 0.864 bits per heavy atom. The Balaban J connectivity index is 1.53. The van der Waals surface area contributed by atoms with Crippen molar-refractivity contribution in [2.45, 2.75) is 51.0 Å². The van der Waals surface area contributed by atoms with Crippen molar-refractivity contribution in [1.82, 2.24) is 14.7 Å². The number of piperidine rings is 2. The minimum atomic E-state index is -5.00. The first kappa shape index (κ1) is 33.3. The summed E-state index contributed by atoms with van der Waals surface area (Å²) in [7, 11) is 1.35. The summed E-state index contributed by atoms with van der Waals surface area (Å²) >= 11 is 0. The lowest BCUT2D eigenvalue weighted by atomic mass is 9.79. The molecule has 44 heavy (non-hydrogen) atoms. The highest BCUT2D eigenvalue weighted by atomic mass is 19.4. The van der Waals surface area contributed by atoms with Crippen LogP contribution < -0.4 is 0 Å². The molecule has 2 atom stereocenters. The van der Waals surface area contributed by atoms with Gasteiger partial charge in [-0.15, -0.1) is 0 Å². The molecule has 7 nitrogen and oxygen atoms in total. The smallest absolute Gasteiger partial charge is 0.387 e. The zero-order chi connectivity index (χ0) is 32.4. The van der Waals surface area contributed by atoms with Crippen molar-refractivity contribution in [2.75, 3.05) is 39.8 Å². The quantitative estimate of drug-likeness (QED) is 0.465. The number of benzene rings is 2. The van der Waals surface area contributed by atoms with E-state index in [-0.39, 0.29) is 43.0 Å². The van der Waals surface area contributed by atoms with Crippen LogP contribution in [0.15, 0.2) is 42.5 Å². The zero-order valence-corrected chi connectivity index (χ0v) is 24.4. The number of carbonyl (C=O) groups excluding carboxylic acids is 3. The van der Waals surface area contributed by atoms with Crippen LogP contribution in [0.4, 0.5) is 26.3 Å². The van der Waals surface area contributed by atoms with Crippen molar-refractivity contribution in [3.63, 3.8) is 0 Å². The molecular weight excluding hydrogens is 592 g/mol. The third-order valence-electron chi connectivity index (χ3n) is 8.52. The Hall–Kier alpha value is -3.61. The Kier molecular flexibility index (Phi) is 9.96. The van der Waals surface area contributed by atoms with E-state index in [0.717, 1.165) is 16.0 Å². The molecule has 4 rings (SSSR count). The first-order chi connectivity index (χ1) is 20.6. The van der Waals surface area contributed by atoms with Gasteiger partial charge in [0.25, 0.3) is 0 Å². The maximum Gasteiger partial charge on any atom is 0.416 e. The third-order valence-corrected chi connectivity index (χ3v) is 8.52. The number of likely N-dealkylation sites (tertiary alicyclic amines) is 2.